The number of hydrogen-bond donors (Lipinski definition) is 0. The Kier molecular flexibility index (Phi) is 8.78. The van der Waals surface area contributed by atoms with Crippen molar-refractivity contribution < 1.29 is 4.58 Å². The normalized spacial score (nSPS) is 16.0. The fourth-order valence-corrected chi connectivity index (χ4v) is 8.44. The van der Waals surface area contributed by atoms with E-state index in [4.69, 9.17) is 23.2 Å². The molecule has 4 heteroatoms. The van der Waals surface area contributed by atoms with Crippen molar-refractivity contribution in [1.82, 2.24) is 4.57 Å². The Labute approximate surface area is 299 Å². The lowest BCUT2D eigenvalue weighted by Crippen LogP contribution is -2.16. The van der Waals surface area contributed by atoms with Crippen LogP contribution in [0.4, 0.5) is 5.69 Å². The second-order valence-corrected chi connectivity index (χ2v) is 14.1. The fourth-order valence-electron chi connectivity index (χ4n) is 8.00. The van der Waals surface area contributed by atoms with Crippen LogP contribution in [-0.2, 0) is 6.54 Å². The largest absolute Gasteiger partial charge is 0.340 e. The smallest absolute Gasteiger partial charge is 0.214 e. The lowest BCUT2D eigenvalue weighted by molar-refractivity contribution is -0.436. The van der Waals surface area contributed by atoms with E-state index in [1.807, 2.05) is 0 Å². The average molecular weight is 681 g/mol. The first-order chi connectivity index (χ1) is 24.1. The summed E-state index contributed by atoms with van der Waals surface area (Å²) in [7, 11) is 0. The maximum atomic E-state index is 6.71. The highest BCUT2D eigenvalue weighted by molar-refractivity contribution is 6.38. The summed E-state index contributed by atoms with van der Waals surface area (Å²) in [4.78, 5) is 0. The molecular formula is C45H41Cl2N2+. The van der Waals surface area contributed by atoms with Crippen LogP contribution >= 0.6 is 23.2 Å². The van der Waals surface area contributed by atoms with Gasteiger partial charge in [0.15, 0.2) is 0 Å². The summed E-state index contributed by atoms with van der Waals surface area (Å²) in [5, 5.41) is 8.95. The lowest BCUT2D eigenvalue weighted by atomic mass is 9.97. The minimum Gasteiger partial charge on any atom is -0.340 e. The van der Waals surface area contributed by atoms with Crippen molar-refractivity contribution in [2.24, 2.45) is 0 Å². The molecular weight excluding hydrogens is 639 g/mol. The number of rotatable bonds is 10. The Morgan fingerprint density at radius 2 is 1.43 bits per heavy atom. The Morgan fingerprint density at radius 1 is 0.694 bits per heavy atom. The fraction of sp³-hybridized carbons (Fsp3) is 0.222. The van der Waals surface area contributed by atoms with Crippen LogP contribution in [0, 0.1) is 0 Å². The second-order valence-electron chi connectivity index (χ2n) is 13.3. The topological polar surface area (TPSA) is 7.94 Å². The average Bonchev–Trinajstić information content (AvgIpc) is 3.78. The lowest BCUT2D eigenvalue weighted by Gasteiger charge is -2.08. The number of allylic oxidation sites excluding steroid dienone is 6. The van der Waals surface area contributed by atoms with Crippen molar-refractivity contribution in [3.8, 4) is 0 Å². The molecule has 0 amide bonds. The van der Waals surface area contributed by atoms with Crippen molar-refractivity contribution >= 4 is 78.7 Å². The molecule has 2 aliphatic rings. The molecule has 0 fully saturated rings. The quantitative estimate of drug-likeness (QED) is 0.127. The molecule has 0 atom stereocenters. The van der Waals surface area contributed by atoms with Gasteiger partial charge in [0.1, 0.15) is 6.54 Å². The van der Waals surface area contributed by atoms with Crippen LogP contribution in [0.3, 0.4) is 0 Å². The predicted octanol–water partition coefficient (Wildman–Crippen LogP) is 12.2. The highest BCUT2D eigenvalue weighted by Crippen LogP contribution is 2.42. The molecule has 1 aliphatic heterocycles. The molecule has 5 aromatic carbocycles. The van der Waals surface area contributed by atoms with Gasteiger partial charge in [0.05, 0.1) is 10.9 Å². The van der Waals surface area contributed by atoms with Gasteiger partial charge in [-0.05, 0) is 71.9 Å². The first-order valence-electron chi connectivity index (χ1n) is 17.8. The number of nitrogens with zero attached hydrogens (tertiary/aromatic N) is 2. The van der Waals surface area contributed by atoms with E-state index in [0.717, 1.165) is 72.4 Å². The van der Waals surface area contributed by atoms with Gasteiger partial charge in [0.2, 0.25) is 11.4 Å². The molecule has 8 rings (SSSR count). The zero-order valence-electron chi connectivity index (χ0n) is 28.3. The Bertz CT molecular complexity index is 2420. The predicted molar refractivity (Wildman–Crippen MR) is 212 cm³/mol. The molecule has 244 valence electrons. The third kappa shape index (κ3) is 5.56. The zero-order chi connectivity index (χ0) is 33.5. The molecule has 0 saturated heterocycles. The van der Waals surface area contributed by atoms with Crippen LogP contribution in [-0.4, -0.2) is 21.4 Å². The van der Waals surface area contributed by atoms with Gasteiger partial charge >= 0.3 is 0 Å². The molecule has 0 spiro atoms. The van der Waals surface area contributed by atoms with Gasteiger partial charge in [-0.3, -0.25) is 0 Å². The summed E-state index contributed by atoms with van der Waals surface area (Å²) in [6.07, 6.45) is 16.1. The zero-order valence-corrected chi connectivity index (χ0v) is 29.8. The summed E-state index contributed by atoms with van der Waals surface area (Å²) in [6, 6.07) is 32.5. The molecule has 1 aromatic heterocycles. The van der Waals surface area contributed by atoms with Gasteiger partial charge < -0.3 is 4.57 Å². The molecule has 2 heterocycles. The summed E-state index contributed by atoms with van der Waals surface area (Å²) in [6.45, 7) is 6.49. The van der Waals surface area contributed by atoms with Gasteiger partial charge in [0.25, 0.3) is 0 Å². The Hall–Kier alpha value is -4.37. The Morgan fingerprint density at radius 3 is 2.22 bits per heavy atom. The monoisotopic (exact) mass is 679 g/mol. The van der Waals surface area contributed by atoms with Gasteiger partial charge in [0, 0.05) is 67.6 Å². The van der Waals surface area contributed by atoms with E-state index in [-0.39, 0.29) is 0 Å². The molecule has 0 bridgehead atoms. The van der Waals surface area contributed by atoms with E-state index in [1.165, 1.54) is 66.3 Å². The van der Waals surface area contributed by atoms with Crippen LogP contribution in [0.15, 0.2) is 120 Å². The van der Waals surface area contributed by atoms with Gasteiger partial charge in [-0.25, -0.2) is 0 Å². The number of aromatic nitrogens is 1. The summed E-state index contributed by atoms with van der Waals surface area (Å²) < 4.78 is 5.00. The maximum Gasteiger partial charge on any atom is 0.214 e. The number of benzene rings is 5. The van der Waals surface area contributed by atoms with E-state index in [1.54, 1.807) is 0 Å². The van der Waals surface area contributed by atoms with Crippen LogP contribution in [0.5, 0.6) is 0 Å². The van der Waals surface area contributed by atoms with Crippen molar-refractivity contribution in [2.75, 3.05) is 6.54 Å². The molecule has 0 N–H and O–H groups in total. The number of unbranched alkanes of at least 4 members (excludes halogenated alkanes) is 2. The third-order valence-electron chi connectivity index (χ3n) is 10.4. The SMILES string of the molecule is CCCCn1/c(=C/C=C2\CCC(C=CC3=[N+](CCCC)c4ccc(Cl)c5cccc3c45)=C2c2ccccc2)c2cccc3c(Cl)ccc1c32. The van der Waals surface area contributed by atoms with Crippen LogP contribution in [0.2, 0.25) is 10.0 Å². The van der Waals surface area contributed by atoms with E-state index < -0.39 is 0 Å². The first kappa shape index (κ1) is 31.9. The maximum absolute atomic E-state index is 6.71. The van der Waals surface area contributed by atoms with Crippen LogP contribution in [0.1, 0.15) is 63.5 Å². The first-order valence-corrected chi connectivity index (χ1v) is 18.6. The van der Waals surface area contributed by atoms with Crippen molar-refractivity contribution in [2.45, 2.75) is 58.9 Å². The Balaban J connectivity index is 1.27. The summed E-state index contributed by atoms with van der Waals surface area (Å²) in [5.41, 5.74) is 10.4. The molecule has 6 aromatic rings. The second kappa shape index (κ2) is 13.5. The van der Waals surface area contributed by atoms with Gasteiger partial charge in [-0.2, -0.15) is 4.58 Å². The van der Waals surface area contributed by atoms with Crippen molar-refractivity contribution in [3.05, 3.63) is 147 Å². The number of hydrogen-bond acceptors (Lipinski definition) is 0. The van der Waals surface area contributed by atoms with Gasteiger partial charge in [-0.15, -0.1) is 0 Å². The minimum absolute atomic E-state index is 0.813. The van der Waals surface area contributed by atoms with Gasteiger partial charge in [-0.1, -0.05) is 123 Å². The van der Waals surface area contributed by atoms with Crippen molar-refractivity contribution in [1.29, 1.82) is 0 Å². The van der Waals surface area contributed by atoms with E-state index in [9.17, 15) is 0 Å². The molecule has 1 aliphatic carbocycles. The number of halogens is 2. The standard InChI is InChI=1S/C45H41Cl2N2/c1-3-5-28-48-39(35-16-10-14-33-37(46)22-26-41(48)44(33)35)24-20-31-18-19-32(43(31)30-12-8-7-9-13-30)21-25-40-36-17-11-15-34-38(47)23-27-42(45(34)36)49(40)29-6-4-2/h7-17,20-27H,3-6,18-19,28-29H2,1-2H3/q+1. The van der Waals surface area contributed by atoms with Crippen LogP contribution in [0.25, 0.3) is 44.1 Å². The highest BCUT2D eigenvalue weighted by Gasteiger charge is 2.31. The summed E-state index contributed by atoms with van der Waals surface area (Å²) >= 11 is 13.4. The summed E-state index contributed by atoms with van der Waals surface area (Å²) in [5.74, 6) is 0. The van der Waals surface area contributed by atoms with E-state index in [0.29, 0.717) is 0 Å². The van der Waals surface area contributed by atoms with E-state index >= 15 is 0 Å². The minimum atomic E-state index is 0.813. The van der Waals surface area contributed by atoms with E-state index in [2.05, 4.69) is 138 Å². The third-order valence-corrected chi connectivity index (χ3v) is 11.0. The molecule has 0 saturated carbocycles. The van der Waals surface area contributed by atoms with Crippen molar-refractivity contribution in [3.63, 3.8) is 0 Å². The molecule has 0 radical (unpaired) electrons. The molecule has 2 nitrogen and oxygen atoms in total. The van der Waals surface area contributed by atoms with Crippen LogP contribution < -0.4 is 5.35 Å². The molecule has 0 unspecified atom stereocenters. The number of aryl methyl sites for hydroxylation is 1. The molecule has 49 heavy (non-hydrogen) atoms. The highest BCUT2D eigenvalue weighted by atomic mass is 35.5.